The van der Waals surface area contributed by atoms with Gasteiger partial charge < -0.3 is 25.2 Å². The second kappa shape index (κ2) is 4.37. The third-order valence-electron chi connectivity index (χ3n) is 2.39. The SMILES string of the molecule is O=C(O)[C@H]1[C@H](C(=O)O)[C@H](C(=O)O)O[C@H]1C(=O)O. The van der Waals surface area contributed by atoms with Crippen molar-refractivity contribution in [3.8, 4) is 0 Å². The van der Waals surface area contributed by atoms with Gasteiger partial charge in [0, 0.05) is 0 Å². The lowest BCUT2D eigenvalue weighted by molar-refractivity contribution is -0.163. The van der Waals surface area contributed by atoms with Crippen LogP contribution in [0.1, 0.15) is 0 Å². The van der Waals surface area contributed by atoms with Crippen LogP contribution in [0.4, 0.5) is 0 Å². The van der Waals surface area contributed by atoms with Crippen molar-refractivity contribution in [3.05, 3.63) is 0 Å². The zero-order valence-electron chi connectivity index (χ0n) is 8.14. The van der Waals surface area contributed by atoms with Gasteiger partial charge >= 0.3 is 23.9 Å². The molecule has 1 saturated heterocycles. The fourth-order valence-corrected chi connectivity index (χ4v) is 1.69. The van der Waals surface area contributed by atoms with Gasteiger partial charge in [0.1, 0.15) is 11.8 Å². The van der Waals surface area contributed by atoms with Crippen LogP contribution in [0.25, 0.3) is 0 Å². The van der Waals surface area contributed by atoms with Crippen LogP contribution < -0.4 is 0 Å². The number of hydrogen-bond acceptors (Lipinski definition) is 5. The molecule has 0 aliphatic carbocycles. The van der Waals surface area contributed by atoms with E-state index >= 15 is 0 Å². The van der Waals surface area contributed by atoms with E-state index < -0.39 is 47.9 Å². The van der Waals surface area contributed by atoms with Gasteiger partial charge in [0.05, 0.1) is 0 Å². The van der Waals surface area contributed by atoms with E-state index in [0.29, 0.717) is 0 Å². The van der Waals surface area contributed by atoms with Crippen LogP contribution >= 0.6 is 0 Å². The summed E-state index contributed by atoms with van der Waals surface area (Å²) in [6.45, 7) is 0. The summed E-state index contributed by atoms with van der Waals surface area (Å²) < 4.78 is 4.47. The quantitative estimate of drug-likeness (QED) is 0.455. The maximum absolute atomic E-state index is 10.8. The molecule has 1 heterocycles. The smallest absolute Gasteiger partial charge is 0.333 e. The molecular formula is C8H8O9. The Morgan fingerprint density at radius 1 is 0.647 bits per heavy atom. The summed E-state index contributed by atoms with van der Waals surface area (Å²) in [6.07, 6.45) is -3.98. The first-order valence-electron chi connectivity index (χ1n) is 4.34. The minimum absolute atomic E-state index is 1.72. The Kier molecular flexibility index (Phi) is 3.32. The molecule has 0 unspecified atom stereocenters. The van der Waals surface area contributed by atoms with Crippen LogP contribution in [-0.2, 0) is 23.9 Å². The van der Waals surface area contributed by atoms with E-state index in [1.54, 1.807) is 0 Å². The number of ether oxygens (including phenoxy) is 1. The normalized spacial score (nSPS) is 32.0. The summed E-state index contributed by atoms with van der Waals surface area (Å²) in [4.78, 5) is 43.0. The number of rotatable bonds is 4. The third kappa shape index (κ3) is 2.18. The van der Waals surface area contributed by atoms with Gasteiger partial charge in [-0.1, -0.05) is 0 Å². The van der Waals surface area contributed by atoms with E-state index in [2.05, 4.69) is 4.74 Å². The predicted molar refractivity (Wildman–Crippen MR) is 46.2 cm³/mol. The third-order valence-corrected chi connectivity index (χ3v) is 2.39. The van der Waals surface area contributed by atoms with Crippen LogP contribution in [0, 0.1) is 11.8 Å². The first-order valence-corrected chi connectivity index (χ1v) is 4.34. The predicted octanol–water partition coefficient (Wildman–Crippen LogP) is -1.68. The number of hydrogen-bond donors (Lipinski definition) is 4. The van der Waals surface area contributed by atoms with Gasteiger partial charge in [0.15, 0.2) is 12.2 Å². The number of carboxylic acids is 4. The standard InChI is InChI=1S/C8H8O9/c9-5(10)1-2(6(11)12)4(8(15)16)17-3(1)7(13)14/h1-4H,(H,9,10)(H,11,12)(H,13,14)(H,15,16)/t1-,2-,3+,4+/m0/s1. The molecule has 1 aliphatic rings. The zero-order chi connectivity index (χ0) is 13.3. The molecule has 0 aromatic carbocycles. The van der Waals surface area contributed by atoms with E-state index in [1.807, 2.05) is 0 Å². The Morgan fingerprint density at radius 3 is 1.12 bits per heavy atom. The zero-order valence-corrected chi connectivity index (χ0v) is 8.14. The van der Waals surface area contributed by atoms with Crippen molar-refractivity contribution in [2.45, 2.75) is 12.2 Å². The molecule has 0 amide bonds. The maximum atomic E-state index is 10.8. The largest absolute Gasteiger partial charge is 0.481 e. The van der Waals surface area contributed by atoms with Gasteiger partial charge in [-0.15, -0.1) is 0 Å². The number of aliphatic carboxylic acids is 4. The molecule has 0 bridgehead atoms. The molecule has 1 rings (SSSR count). The molecule has 0 aromatic rings. The van der Waals surface area contributed by atoms with Crippen LogP contribution in [0.15, 0.2) is 0 Å². The topological polar surface area (TPSA) is 158 Å². The van der Waals surface area contributed by atoms with Gasteiger partial charge in [-0.3, -0.25) is 9.59 Å². The molecule has 4 atom stereocenters. The summed E-state index contributed by atoms with van der Waals surface area (Å²) in [7, 11) is 0. The monoisotopic (exact) mass is 248 g/mol. The second-order valence-corrected chi connectivity index (χ2v) is 3.38. The molecule has 1 fully saturated rings. The maximum Gasteiger partial charge on any atom is 0.333 e. The van der Waals surface area contributed by atoms with Crippen molar-refractivity contribution in [2.75, 3.05) is 0 Å². The fraction of sp³-hybridized carbons (Fsp3) is 0.500. The molecule has 1 aliphatic heterocycles. The number of carboxylic acid groups (broad SMARTS) is 4. The Hall–Kier alpha value is -2.16. The van der Waals surface area contributed by atoms with Crippen molar-refractivity contribution < 1.29 is 44.3 Å². The van der Waals surface area contributed by atoms with E-state index in [0.717, 1.165) is 0 Å². The van der Waals surface area contributed by atoms with Crippen molar-refractivity contribution >= 4 is 23.9 Å². The summed E-state index contributed by atoms with van der Waals surface area (Å²) in [6, 6.07) is 0. The van der Waals surface area contributed by atoms with Crippen molar-refractivity contribution in [1.82, 2.24) is 0 Å². The molecule has 0 spiro atoms. The Morgan fingerprint density at radius 2 is 0.941 bits per heavy atom. The van der Waals surface area contributed by atoms with Crippen LogP contribution in [0.5, 0.6) is 0 Å². The van der Waals surface area contributed by atoms with Crippen molar-refractivity contribution in [1.29, 1.82) is 0 Å². The summed E-state index contributed by atoms with van der Waals surface area (Å²) in [5.74, 6) is -10.8. The summed E-state index contributed by atoms with van der Waals surface area (Å²) in [5, 5.41) is 34.8. The number of carbonyl (C=O) groups is 4. The minimum atomic E-state index is -1.99. The van der Waals surface area contributed by atoms with Gasteiger partial charge in [-0.05, 0) is 0 Å². The lowest BCUT2D eigenvalue weighted by atomic mass is 9.87. The van der Waals surface area contributed by atoms with Gasteiger partial charge in [-0.25, -0.2) is 9.59 Å². The average Bonchev–Trinajstić information content (AvgIpc) is 2.56. The van der Waals surface area contributed by atoms with Gasteiger partial charge in [0.2, 0.25) is 0 Å². The molecule has 0 radical (unpaired) electrons. The summed E-state index contributed by atoms with van der Waals surface area (Å²) >= 11 is 0. The van der Waals surface area contributed by atoms with Crippen molar-refractivity contribution in [2.24, 2.45) is 11.8 Å². The average molecular weight is 248 g/mol. The van der Waals surface area contributed by atoms with Gasteiger partial charge in [0.25, 0.3) is 0 Å². The van der Waals surface area contributed by atoms with Crippen LogP contribution in [0.3, 0.4) is 0 Å². The molecule has 94 valence electrons. The van der Waals surface area contributed by atoms with E-state index in [4.69, 9.17) is 20.4 Å². The highest BCUT2D eigenvalue weighted by atomic mass is 16.6. The van der Waals surface area contributed by atoms with E-state index in [-0.39, 0.29) is 0 Å². The molecule has 17 heavy (non-hydrogen) atoms. The first kappa shape index (κ1) is 12.9. The fourth-order valence-electron chi connectivity index (χ4n) is 1.69. The minimum Gasteiger partial charge on any atom is -0.481 e. The Labute approximate surface area is 93.2 Å². The highest BCUT2D eigenvalue weighted by molar-refractivity contribution is 5.92. The molecule has 9 heteroatoms. The van der Waals surface area contributed by atoms with Crippen molar-refractivity contribution in [3.63, 3.8) is 0 Å². The Bertz CT molecular complexity index is 350. The van der Waals surface area contributed by atoms with E-state index in [9.17, 15) is 19.2 Å². The summed E-state index contributed by atoms with van der Waals surface area (Å²) in [5.41, 5.74) is 0. The highest BCUT2D eigenvalue weighted by Crippen LogP contribution is 2.33. The van der Waals surface area contributed by atoms with Crippen LogP contribution in [-0.4, -0.2) is 56.5 Å². The lowest BCUT2D eigenvalue weighted by Gasteiger charge is -2.13. The van der Waals surface area contributed by atoms with E-state index in [1.165, 1.54) is 0 Å². The molecule has 0 aromatic heterocycles. The first-order chi connectivity index (χ1) is 7.77. The lowest BCUT2D eigenvalue weighted by Crippen LogP contribution is -2.39. The molecule has 0 saturated carbocycles. The molecule has 4 N–H and O–H groups in total. The van der Waals surface area contributed by atoms with Crippen LogP contribution in [0.2, 0.25) is 0 Å². The van der Waals surface area contributed by atoms with Gasteiger partial charge in [-0.2, -0.15) is 0 Å². The Balaban J connectivity index is 3.17. The second-order valence-electron chi connectivity index (χ2n) is 3.38. The highest BCUT2D eigenvalue weighted by Gasteiger charge is 2.57. The molecule has 9 nitrogen and oxygen atoms in total. The molecular weight excluding hydrogens is 240 g/mol.